The summed E-state index contributed by atoms with van der Waals surface area (Å²) in [6.45, 7) is 4.64. The van der Waals surface area contributed by atoms with Gasteiger partial charge in [-0.1, -0.05) is 6.07 Å². The van der Waals surface area contributed by atoms with Crippen LogP contribution in [0.4, 0.5) is 5.69 Å². The van der Waals surface area contributed by atoms with Gasteiger partial charge in [0.1, 0.15) is 0 Å². The molecule has 3 rings (SSSR count). The van der Waals surface area contributed by atoms with E-state index in [0.717, 1.165) is 19.3 Å². The molecule has 0 atom stereocenters. The molecule has 0 aromatic heterocycles. The van der Waals surface area contributed by atoms with Crippen molar-refractivity contribution in [2.24, 2.45) is 0 Å². The van der Waals surface area contributed by atoms with Crippen molar-refractivity contribution in [2.75, 3.05) is 17.9 Å². The Hall–Kier alpha value is -2.21. The molecule has 0 aliphatic heterocycles. The van der Waals surface area contributed by atoms with E-state index in [2.05, 4.69) is 4.72 Å². The van der Waals surface area contributed by atoms with Gasteiger partial charge in [0.15, 0.2) is 11.5 Å². The average Bonchev–Trinajstić information content (AvgIpc) is 3.04. The first-order valence-corrected chi connectivity index (χ1v) is 10.1. The van der Waals surface area contributed by atoms with Gasteiger partial charge < -0.3 is 9.47 Å². The summed E-state index contributed by atoms with van der Waals surface area (Å²) in [6.07, 6.45) is 3.20. The predicted molar refractivity (Wildman–Crippen MR) is 98.1 cm³/mol. The van der Waals surface area contributed by atoms with Gasteiger partial charge in [0.05, 0.1) is 18.1 Å². The topological polar surface area (TPSA) is 64.6 Å². The molecule has 0 amide bonds. The largest absolute Gasteiger partial charge is 0.490 e. The van der Waals surface area contributed by atoms with E-state index in [1.54, 1.807) is 6.07 Å². The molecule has 0 heterocycles. The van der Waals surface area contributed by atoms with Crippen LogP contribution in [-0.2, 0) is 22.9 Å². The second-order valence-corrected chi connectivity index (χ2v) is 7.60. The molecule has 0 unspecified atom stereocenters. The first-order valence-electron chi connectivity index (χ1n) is 8.57. The molecule has 6 heteroatoms. The summed E-state index contributed by atoms with van der Waals surface area (Å²) in [5.74, 6) is 0.974. The minimum Gasteiger partial charge on any atom is -0.490 e. The van der Waals surface area contributed by atoms with Crippen molar-refractivity contribution < 1.29 is 17.9 Å². The Kier molecular flexibility index (Phi) is 5.18. The first-order chi connectivity index (χ1) is 12.0. The van der Waals surface area contributed by atoms with E-state index in [4.69, 9.17) is 9.47 Å². The van der Waals surface area contributed by atoms with Gasteiger partial charge in [-0.05, 0) is 68.5 Å². The predicted octanol–water partition coefficient (Wildman–Crippen LogP) is 3.77. The summed E-state index contributed by atoms with van der Waals surface area (Å²) in [5, 5.41) is 0. The minimum atomic E-state index is -3.69. The Labute approximate surface area is 149 Å². The normalized spacial score (nSPS) is 13.4. The standard InChI is InChI=1S/C19H23NO4S/c1-3-23-18-11-10-17(13-19(18)24-4-2)25(21,22)20-16-9-8-14-6-5-7-15(14)12-16/h8-13,20H,3-7H2,1-2H3. The SMILES string of the molecule is CCOc1ccc(S(=O)(=O)Nc2ccc3c(c2)CCC3)cc1OCC. The monoisotopic (exact) mass is 361 g/mol. The minimum absolute atomic E-state index is 0.153. The molecule has 134 valence electrons. The third kappa shape index (κ3) is 3.90. The van der Waals surface area contributed by atoms with Crippen molar-refractivity contribution in [1.29, 1.82) is 0 Å². The lowest BCUT2D eigenvalue weighted by molar-refractivity contribution is 0.287. The van der Waals surface area contributed by atoms with Gasteiger partial charge in [-0.3, -0.25) is 4.72 Å². The lowest BCUT2D eigenvalue weighted by atomic mass is 10.1. The molecule has 0 saturated heterocycles. The third-order valence-electron chi connectivity index (χ3n) is 4.18. The van der Waals surface area contributed by atoms with Crippen LogP contribution in [0.1, 0.15) is 31.4 Å². The molecular formula is C19H23NO4S. The van der Waals surface area contributed by atoms with E-state index >= 15 is 0 Å². The number of hydrogen-bond acceptors (Lipinski definition) is 4. The molecule has 1 N–H and O–H groups in total. The molecule has 2 aromatic carbocycles. The van der Waals surface area contributed by atoms with E-state index < -0.39 is 10.0 Å². The van der Waals surface area contributed by atoms with Gasteiger partial charge in [0.25, 0.3) is 10.0 Å². The summed E-state index contributed by atoms with van der Waals surface area (Å²) in [5.41, 5.74) is 3.12. The molecule has 1 aliphatic rings. The van der Waals surface area contributed by atoms with Crippen LogP contribution >= 0.6 is 0 Å². The van der Waals surface area contributed by atoms with Gasteiger partial charge in [-0.25, -0.2) is 8.42 Å². The molecule has 0 fully saturated rings. The van der Waals surface area contributed by atoms with Crippen LogP contribution in [0.5, 0.6) is 11.5 Å². The fourth-order valence-electron chi connectivity index (χ4n) is 3.05. The number of hydrogen-bond donors (Lipinski definition) is 1. The molecule has 1 aliphatic carbocycles. The maximum atomic E-state index is 12.7. The Morgan fingerprint density at radius 1 is 0.920 bits per heavy atom. The first kappa shape index (κ1) is 17.6. The highest BCUT2D eigenvalue weighted by atomic mass is 32.2. The van der Waals surface area contributed by atoms with Crippen molar-refractivity contribution in [3.63, 3.8) is 0 Å². The lowest BCUT2D eigenvalue weighted by Crippen LogP contribution is -2.13. The molecule has 25 heavy (non-hydrogen) atoms. The van der Waals surface area contributed by atoms with Gasteiger partial charge in [-0.15, -0.1) is 0 Å². The number of rotatable bonds is 7. The van der Waals surface area contributed by atoms with E-state index in [9.17, 15) is 8.42 Å². The molecule has 2 aromatic rings. The van der Waals surface area contributed by atoms with Crippen molar-refractivity contribution in [3.05, 3.63) is 47.5 Å². The number of fused-ring (bicyclic) bond motifs is 1. The molecule has 0 saturated carbocycles. The molecule has 0 spiro atoms. The summed E-state index contributed by atoms with van der Waals surface area (Å²) >= 11 is 0. The molecule has 0 bridgehead atoms. The Morgan fingerprint density at radius 3 is 2.40 bits per heavy atom. The van der Waals surface area contributed by atoms with Crippen molar-refractivity contribution in [1.82, 2.24) is 0 Å². The van der Waals surface area contributed by atoms with Gasteiger partial charge in [0, 0.05) is 11.8 Å². The fourth-order valence-corrected chi connectivity index (χ4v) is 4.11. The molecular weight excluding hydrogens is 338 g/mol. The second-order valence-electron chi connectivity index (χ2n) is 5.92. The van der Waals surface area contributed by atoms with Crippen molar-refractivity contribution >= 4 is 15.7 Å². The Morgan fingerprint density at radius 2 is 1.64 bits per heavy atom. The van der Waals surface area contributed by atoms with Crippen LogP contribution in [0.3, 0.4) is 0 Å². The summed E-state index contributed by atoms with van der Waals surface area (Å²) in [7, 11) is -3.69. The van der Waals surface area contributed by atoms with Gasteiger partial charge >= 0.3 is 0 Å². The number of benzene rings is 2. The zero-order valence-electron chi connectivity index (χ0n) is 14.5. The van der Waals surface area contributed by atoms with Gasteiger partial charge in [-0.2, -0.15) is 0 Å². The number of anilines is 1. The third-order valence-corrected chi connectivity index (χ3v) is 5.55. The Bertz CT molecular complexity index is 862. The smallest absolute Gasteiger partial charge is 0.262 e. The van der Waals surface area contributed by atoms with Gasteiger partial charge in [0.2, 0.25) is 0 Å². The zero-order chi connectivity index (χ0) is 17.9. The number of sulfonamides is 1. The van der Waals surface area contributed by atoms with Crippen LogP contribution in [0.2, 0.25) is 0 Å². The quantitative estimate of drug-likeness (QED) is 0.815. The van der Waals surface area contributed by atoms with Crippen LogP contribution in [0.25, 0.3) is 0 Å². The van der Waals surface area contributed by atoms with E-state index in [-0.39, 0.29) is 4.90 Å². The highest BCUT2D eigenvalue weighted by Gasteiger charge is 2.19. The number of aryl methyl sites for hydroxylation is 2. The Balaban J connectivity index is 1.87. The highest BCUT2D eigenvalue weighted by Crippen LogP contribution is 2.31. The van der Waals surface area contributed by atoms with Crippen molar-refractivity contribution in [2.45, 2.75) is 38.0 Å². The van der Waals surface area contributed by atoms with E-state index in [1.165, 1.54) is 23.3 Å². The highest BCUT2D eigenvalue weighted by molar-refractivity contribution is 7.92. The summed E-state index contributed by atoms with van der Waals surface area (Å²) in [4.78, 5) is 0.153. The van der Waals surface area contributed by atoms with Crippen LogP contribution in [-0.4, -0.2) is 21.6 Å². The molecule has 5 nitrogen and oxygen atoms in total. The maximum absolute atomic E-state index is 12.7. The zero-order valence-corrected chi connectivity index (χ0v) is 15.4. The van der Waals surface area contributed by atoms with Crippen LogP contribution < -0.4 is 14.2 Å². The number of nitrogens with one attached hydrogen (secondary N) is 1. The number of ether oxygens (including phenoxy) is 2. The summed E-state index contributed by atoms with van der Waals surface area (Å²) in [6, 6.07) is 10.4. The summed E-state index contributed by atoms with van der Waals surface area (Å²) < 4.78 is 39.1. The molecule has 0 radical (unpaired) electrons. The maximum Gasteiger partial charge on any atom is 0.262 e. The van der Waals surface area contributed by atoms with E-state index in [0.29, 0.717) is 30.4 Å². The van der Waals surface area contributed by atoms with E-state index in [1.807, 2.05) is 32.0 Å². The second kappa shape index (κ2) is 7.35. The van der Waals surface area contributed by atoms with Crippen LogP contribution in [0.15, 0.2) is 41.3 Å². The van der Waals surface area contributed by atoms with Crippen molar-refractivity contribution in [3.8, 4) is 11.5 Å². The fraction of sp³-hybridized carbons (Fsp3) is 0.368. The van der Waals surface area contributed by atoms with Crippen LogP contribution in [0, 0.1) is 0 Å². The lowest BCUT2D eigenvalue weighted by Gasteiger charge is -2.14. The average molecular weight is 361 g/mol.